The van der Waals surface area contributed by atoms with Gasteiger partial charge in [-0.05, 0) is 40.7 Å². The van der Waals surface area contributed by atoms with E-state index in [1.54, 1.807) is 11.3 Å². The highest BCUT2D eigenvalue weighted by Crippen LogP contribution is 2.31. The Labute approximate surface area is 120 Å². The van der Waals surface area contributed by atoms with E-state index in [2.05, 4.69) is 39.6 Å². The fourth-order valence-corrected chi connectivity index (χ4v) is 2.92. The number of aromatic nitrogens is 2. The molecule has 2 aromatic heterocycles. The van der Waals surface area contributed by atoms with Gasteiger partial charge in [-0.25, -0.2) is 4.98 Å². The number of hydrogen-bond donors (Lipinski definition) is 0. The lowest BCUT2D eigenvalue weighted by Gasteiger charge is -2.14. The third kappa shape index (κ3) is 2.29. The number of anilines is 1. The van der Waals surface area contributed by atoms with Crippen LogP contribution in [0.25, 0.3) is 21.3 Å². The quantitative estimate of drug-likeness (QED) is 0.666. The van der Waals surface area contributed by atoms with Crippen molar-refractivity contribution in [2.45, 2.75) is 0 Å². The molecule has 0 atom stereocenters. The van der Waals surface area contributed by atoms with Crippen LogP contribution >= 0.6 is 22.9 Å². The Morgan fingerprint density at radius 3 is 2.68 bits per heavy atom. The third-order valence-corrected chi connectivity index (χ3v) is 3.97. The Bertz CT molecular complexity index is 723. The minimum Gasteiger partial charge on any atom is -0.362 e. The molecule has 0 bridgehead atoms. The van der Waals surface area contributed by atoms with E-state index in [0.29, 0.717) is 0 Å². The molecule has 3 aromatic rings. The molecule has 0 unspecified atom stereocenters. The van der Waals surface area contributed by atoms with Crippen molar-refractivity contribution in [1.82, 2.24) is 9.97 Å². The number of thiophene rings is 1. The largest absolute Gasteiger partial charge is 0.362 e. The van der Waals surface area contributed by atoms with Gasteiger partial charge < -0.3 is 4.90 Å². The van der Waals surface area contributed by atoms with E-state index in [1.165, 1.54) is 10.4 Å². The Morgan fingerprint density at radius 1 is 1.16 bits per heavy atom. The van der Waals surface area contributed by atoms with Gasteiger partial charge in [0, 0.05) is 24.4 Å². The van der Waals surface area contributed by atoms with Crippen molar-refractivity contribution < 1.29 is 0 Å². The normalized spacial score (nSPS) is 10.9. The Kier molecular flexibility index (Phi) is 3.12. The lowest BCUT2D eigenvalue weighted by molar-refractivity contribution is 1.06. The van der Waals surface area contributed by atoms with Crippen LogP contribution in [0.2, 0.25) is 5.28 Å². The standard InChI is InChI=1S/C14H12ClN3S/c1-18(2)13-10-8-9(12-4-3-7-19-12)5-6-11(10)16-14(15)17-13/h3-8H,1-2H3. The van der Waals surface area contributed by atoms with Crippen LogP contribution in [0.5, 0.6) is 0 Å². The summed E-state index contributed by atoms with van der Waals surface area (Å²) in [7, 11) is 3.91. The zero-order valence-electron chi connectivity index (χ0n) is 10.6. The van der Waals surface area contributed by atoms with Crippen LogP contribution in [0.4, 0.5) is 5.82 Å². The Morgan fingerprint density at radius 2 is 2.00 bits per heavy atom. The first-order chi connectivity index (χ1) is 9.15. The van der Waals surface area contributed by atoms with E-state index in [4.69, 9.17) is 11.6 Å². The van der Waals surface area contributed by atoms with Crippen LogP contribution < -0.4 is 4.90 Å². The summed E-state index contributed by atoms with van der Waals surface area (Å²) < 4.78 is 0. The highest BCUT2D eigenvalue weighted by molar-refractivity contribution is 7.13. The topological polar surface area (TPSA) is 29.0 Å². The Hall–Kier alpha value is -1.65. The van der Waals surface area contributed by atoms with E-state index in [9.17, 15) is 0 Å². The molecule has 0 amide bonds. The average molecular weight is 290 g/mol. The number of fused-ring (bicyclic) bond motifs is 1. The number of halogens is 1. The summed E-state index contributed by atoms with van der Waals surface area (Å²) in [6.07, 6.45) is 0. The van der Waals surface area contributed by atoms with Gasteiger partial charge in [0.25, 0.3) is 0 Å². The third-order valence-electron chi connectivity index (χ3n) is 2.88. The predicted molar refractivity (Wildman–Crippen MR) is 82.2 cm³/mol. The first kappa shape index (κ1) is 12.4. The second kappa shape index (κ2) is 4.79. The minimum absolute atomic E-state index is 0.278. The molecule has 0 N–H and O–H groups in total. The van der Waals surface area contributed by atoms with Crippen molar-refractivity contribution in [1.29, 1.82) is 0 Å². The van der Waals surface area contributed by atoms with E-state index < -0.39 is 0 Å². The fourth-order valence-electron chi connectivity index (χ4n) is 2.02. The van der Waals surface area contributed by atoms with Crippen LogP contribution in [-0.4, -0.2) is 24.1 Å². The second-order valence-electron chi connectivity index (χ2n) is 4.42. The zero-order valence-corrected chi connectivity index (χ0v) is 12.2. The lowest BCUT2D eigenvalue weighted by Crippen LogP contribution is -2.11. The fraction of sp³-hybridized carbons (Fsp3) is 0.143. The SMILES string of the molecule is CN(C)c1nc(Cl)nc2ccc(-c3cccs3)cc12. The summed E-state index contributed by atoms with van der Waals surface area (Å²) in [5, 5.41) is 3.37. The van der Waals surface area contributed by atoms with E-state index >= 15 is 0 Å². The monoisotopic (exact) mass is 289 g/mol. The molecule has 0 saturated carbocycles. The molecule has 0 aliphatic heterocycles. The summed E-state index contributed by atoms with van der Waals surface area (Å²) in [5.74, 6) is 0.841. The van der Waals surface area contributed by atoms with Crippen LogP contribution in [-0.2, 0) is 0 Å². The van der Waals surface area contributed by atoms with E-state index in [0.717, 1.165) is 16.7 Å². The molecule has 0 radical (unpaired) electrons. The van der Waals surface area contributed by atoms with Gasteiger partial charge in [0.2, 0.25) is 5.28 Å². The first-order valence-corrected chi connectivity index (χ1v) is 7.09. The van der Waals surface area contributed by atoms with Gasteiger partial charge in [0.15, 0.2) is 0 Å². The van der Waals surface area contributed by atoms with E-state index in [-0.39, 0.29) is 5.28 Å². The first-order valence-electron chi connectivity index (χ1n) is 5.83. The average Bonchev–Trinajstić information content (AvgIpc) is 2.91. The molecule has 0 spiro atoms. The summed E-state index contributed by atoms with van der Waals surface area (Å²) in [4.78, 5) is 11.8. The highest BCUT2D eigenvalue weighted by Gasteiger charge is 2.10. The van der Waals surface area contributed by atoms with Crippen LogP contribution in [0.1, 0.15) is 0 Å². The molecule has 0 saturated heterocycles. The molecule has 96 valence electrons. The summed E-state index contributed by atoms with van der Waals surface area (Å²) in [5.41, 5.74) is 2.04. The predicted octanol–water partition coefficient (Wildman–Crippen LogP) is 4.08. The van der Waals surface area contributed by atoms with Gasteiger partial charge in [0.05, 0.1) is 5.52 Å². The van der Waals surface area contributed by atoms with Gasteiger partial charge in [-0.3, -0.25) is 0 Å². The Balaban J connectivity index is 2.27. The number of hydrogen-bond acceptors (Lipinski definition) is 4. The number of rotatable bonds is 2. The molecular weight excluding hydrogens is 278 g/mol. The van der Waals surface area contributed by atoms with E-state index in [1.807, 2.05) is 25.1 Å². The maximum absolute atomic E-state index is 5.96. The summed E-state index contributed by atoms with van der Waals surface area (Å²) >= 11 is 7.68. The molecule has 2 heterocycles. The molecular formula is C14H12ClN3S. The molecule has 19 heavy (non-hydrogen) atoms. The smallest absolute Gasteiger partial charge is 0.224 e. The molecule has 5 heteroatoms. The maximum Gasteiger partial charge on any atom is 0.224 e. The van der Waals surface area contributed by atoms with Gasteiger partial charge in [-0.2, -0.15) is 4.98 Å². The number of benzene rings is 1. The summed E-state index contributed by atoms with van der Waals surface area (Å²) in [6, 6.07) is 10.3. The molecule has 3 rings (SSSR count). The highest BCUT2D eigenvalue weighted by atomic mass is 35.5. The molecule has 3 nitrogen and oxygen atoms in total. The zero-order chi connectivity index (χ0) is 13.4. The van der Waals surface area contributed by atoms with Crippen LogP contribution in [0, 0.1) is 0 Å². The molecule has 0 fully saturated rings. The van der Waals surface area contributed by atoms with Crippen molar-refractivity contribution in [3.05, 3.63) is 41.0 Å². The van der Waals surface area contributed by atoms with Crippen LogP contribution in [0.3, 0.4) is 0 Å². The van der Waals surface area contributed by atoms with Crippen molar-refractivity contribution in [2.24, 2.45) is 0 Å². The van der Waals surface area contributed by atoms with Gasteiger partial charge in [-0.1, -0.05) is 12.1 Å². The van der Waals surface area contributed by atoms with Crippen molar-refractivity contribution in [3.8, 4) is 10.4 Å². The van der Waals surface area contributed by atoms with Gasteiger partial charge in [-0.15, -0.1) is 11.3 Å². The van der Waals surface area contributed by atoms with Crippen LogP contribution in [0.15, 0.2) is 35.7 Å². The molecule has 1 aromatic carbocycles. The minimum atomic E-state index is 0.278. The summed E-state index contributed by atoms with van der Waals surface area (Å²) in [6.45, 7) is 0. The second-order valence-corrected chi connectivity index (χ2v) is 5.71. The number of nitrogens with zero attached hydrogens (tertiary/aromatic N) is 3. The maximum atomic E-state index is 5.96. The van der Waals surface area contributed by atoms with Crippen molar-refractivity contribution in [2.75, 3.05) is 19.0 Å². The lowest BCUT2D eigenvalue weighted by atomic mass is 10.1. The molecule has 0 aliphatic carbocycles. The van der Waals surface area contributed by atoms with Crippen molar-refractivity contribution in [3.63, 3.8) is 0 Å². The van der Waals surface area contributed by atoms with Gasteiger partial charge in [0.1, 0.15) is 5.82 Å². The molecule has 0 aliphatic rings. The van der Waals surface area contributed by atoms with Crippen molar-refractivity contribution >= 4 is 39.7 Å². The van der Waals surface area contributed by atoms with Gasteiger partial charge >= 0.3 is 0 Å².